The van der Waals surface area contributed by atoms with E-state index in [1.807, 2.05) is 36.4 Å². The van der Waals surface area contributed by atoms with E-state index in [1.54, 1.807) is 7.11 Å². The molecule has 110 valence electrons. The Hall–Kier alpha value is -2.29. The molecule has 0 aliphatic carbocycles. The van der Waals surface area contributed by atoms with E-state index in [4.69, 9.17) is 4.74 Å². The smallest absolute Gasteiger partial charge is 0.228 e. The number of anilines is 1. The van der Waals surface area contributed by atoms with Crippen LogP contribution in [0.4, 0.5) is 5.69 Å². The van der Waals surface area contributed by atoms with Crippen LogP contribution < -0.4 is 10.1 Å². The summed E-state index contributed by atoms with van der Waals surface area (Å²) < 4.78 is 5.09. The zero-order valence-electron chi connectivity index (χ0n) is 12.7. The molecule has 1 N–H and O–H groups in total. The standard InChI is InChI=1S/C18H21NO2/c1-13(2)15-6-4-14(5-7-15)12-18(20)19-16-8-10-17(21-3)11-9-16/h4-11,13H,12H2,1-3H3,(H,19,20). The Bertz CT molecular complexity index is 586. The number of nitrogens with one attached hydrogen (secondary N) is 1. The SMILES string of the molecule is COc1ccc(NC(=O)Cc2ccc(C(C)C)cc2)cc1. The molecule has 0 spiro atoms. The fraction of sp³-hybridized carbons (Fsp3) is 0.278. The van der Waals surface area contributed by atoms with E-state index in [9.17, 15) is 4.79 Å². The third-order valence-electron chi connectivity index (χ3n) is 3.38. The lowest BCUT2D eigenvalue weighted by Crippen LogP contribution is -2.14. The molecule has 21 heavy (non-hydrogen) atoms. The zero-order valence-corrected chi connectivity index (χ0v) is 12.7. The Morgan fingerprint density at radius 1 is 1.05 bits per heavy atom. The normalized spacial score (nSPS) is 10.5. The molecular weight excluding hydrogens is 262 g/mol. The van der Waals surface area contributed by atoms with Gasteiger partial charge >= 0.3 is 0 Å². The molecule has 0 aromatic heterocycles. The van der Waals surface area contributed by atoms with Gasteiger partial charge in [0.2, 0.25) is 5.91 Å². The molecule has 0 saturated heterocycles. The van der Waals surface area contributed by atoms with Crippen molar-refractivity contribution in [3.8, 4) is 5.75 Å². The summed E-state index contributed by atoms with van der Waals surface area (Å²) in [5, 5.41) is 2.88. The van der Waals surface area contributed by atoms with Crippen LogP contribution >= 0.6 is 0 Å². The molecule has 0 aliphatic rings. The predicted molar refractivity (Wildman–Crippen MR) is 85.9 cm³/mol. The number of ether oxygens (including phenoxy) is 1. The van der Waals surface area contributed by atoms with Gasteiger partial charge in [-0.25, -0.2) is 0 Å². The lowest BCUT2D eigenvalue weighted by Gasteiger charge is -2.08. The van der Waals surface area contributed by atoms with Crippen LogP contribution in [0.2, 0.25) is 0 Å². The van der Waals surface area contributed by atoms with Crippen molar-refractivity contribution in [1.82, 2.24) is 0 Å². The molecule has 0 aliphatic heterocycles. The fourth-order valence-electron chi connectivity index (χ4n) is 2.09. The summed E-state index contributed by atoms with van der Waals surface area (Å²) in [5.41, 5.74) is 3.08. The van der Waals surface area contributed by atoms with Crippen LogP contribution in [0.15, 0.2) is 48.5 Å². The van der Waals surface area contributed by atoms with Crippen LogP contribution in [-0.4, -0.2) is 13.0 Å². The van der Waals surface area contributed by atoms with Gasteiger partial charge in [-0.15, -0.1) is 0 Å². The van der Waals surface area contributed by atoms with Crippen LogP contribution in [0.3, 0.4) is 0 Å². The highest BCUT2D eigenvalue weighted by Gasteiger charge is 2.05. The summed E-state index contributed by atoms with van der Waals surface area (Å²) in [6.45, 7) is 4.32. The van der Waals surface area contributed by atoms with E-state index in [1.165, 1.54) is 5.56 Å². The number of amides is 1. The summed E-state index contributed by atoms with van der Waals surface area (Å²) in [6, 6.07) is 15.5. The molecule has 0 saturated carbocycles. The minimum atomic E-state index is -0.0162. The van der Waals surface area contributed by atoms with E-state index in [0.29, 0.717) is 12.3 Å². The number of hydrogen-bond donors (Lipinski definition) is 1. The van der Waals surface area contributed by atoms with Crippen molar-refractivity contribution < 1.29 is 9.53 Å². The summed E-state index contributed by atoms with van der Waals surface area (Å²) in [5.74, 6) is 1.27. The van der Waals surface area contributed by atoms with Crippen LogP contribution in [-0.2, 0) is 11.2 Å². The predicted octanol–water partition coefficient (Wildman–Crippen LogP) is 4.00. The van der Waals surface area contributed by atoms with Crippen LogP contribution in [0.5, 0.6) is 5.75 Å². The van der Waals surface area contributed by atoms with E-state index < -0.39 is 0 Å². The van der Waals surface area contributed by atoms with Gasteiger partial charge in [-0.3, -0.25) is 4.79 Å². The average molecular weight is 283 g/mol. The first-order valence-electron chi connectivity index (χ1n) is 7.11. The zero-order chi connectivity index (χ0) is 15.2. The number of rotatable bonds is 5. The van der Waals surface area contributed by atoms with Crippen molar-refractivity contribution in [2.45, 2.75) is 26.2 Å². The summed E-state index contributed by atoms with van der Waals surface area (Å²) in [6.07, 6.45) is 0.379. The van der Waals surface area contributed by atoms with Crippen LogP contribution in [0.1, 0.15) is 30.9 Å². The summed E-state index contributed by atoms with van der Waals surface area (Å²) in [7, 11) is 1.62. The lowest BCUT2D eigenvalue weighted by molar-refractivity contribution is -0.115. The molecule has 0 heterocycles. The maximum absolute atomic E-state index is 12.0. The van der Waals surface area contributed by atoms with E-state index in [2.05, 4.69) is 31.3 Å². The quantitative estimate of drug-likeness (QED) is 0.900. The topological polar surface area (TPSA) is 38.3 Å². The maximum atomic E-state index is 12.0. The van der Waals surface area contributed by atoms with E-state index in [0.717, 1.165) is 17.0 Å². The molecule has 0 radical (unpaired) electrons. The van der Waals surface area contributed by atoms with Crippen molar-refractivity contribution in [2.24, 2.45) is 0 Å². The Morgan fingerprint density at radius 2 is 1.67 bits per heavy atom. The van der Waals surface area contributed by atoms with E-state index in [-0.39, 0.29) is 5.91 Å². The lowest BCUT2D eigenvalue weighted by atomic mass is 10.0. The molecule has 3 heteroatoms. The molecule has 0 unspecified atom stereocenters. The second kappa shape index (κ2) is 6.93. The van der Waals surface area contributed by atoms with Gasteiger partial charge in [-0.1, -0.05) is 38.1 Å². The van der Waals surface area contributed by atoms with Crippen LogP contribution in [0.25, 0.3) is 0 Å². The Labute approximate surface area is 126 Å². The molecule has 2 rings (SSSR count). The number of hydrogen-bond acceptors (Lipinski definition) is 2. The first-order chi connectivity index (χ1) is 10.1. The highest BCUT2D eigenvalue weighted by molar-refractivity contribution is 5.92. The molecule has 2 aromatic rings. The first kappa shape index (κ1) is 15.1. The fourth-order valence-corrected chi connectivity index (χ4v) is 2.09. The Kier molecular flexibility index (Phi) is 4.99. The van der Waals surface area contributed by atoms with Gasteiger partial charge in [0.25, 0.3) is 0 Å². The van der Waals surface area contributed by atoms with Crippen molar-refractivity contribution in [2.75, 3.05) is 12.4 Å². The Balaban J connectivity index is 1.94. The molecule has 0 fully saturated rings. The number of benzene rings is 2. The van der Waals surface area contributed by atoms with Gasteiger partial charge in [0.05, 0.1) is 13.5 Å². The molecule has 1 amide bonds. The van der Waals surface area contributed by atoms with Crippen molar-refractivity contribution in [3.05, 3.63) is 59.7 Å². The van der Waals surface area contributed by atoms with Crippen molar-refractivity contribution >= 4 is 11.6 Å². The Morgan fingerprint density at radius 3 is 2.19 bits per heavy atom. The minimum absolute atomic E-state index is 0.0162. The number of methoxy groups -OCH3 is 1. The van der Waals surface area contributed by atoms with E-state index >= 15 is 0 Å². The van der Waals surface area contributed by atoms with Gasteiger partial charge in [0.15, 0.2) is 0 Å². The second-order valence-corrected chi connectivity index (χ2v) is 5.35. The highest BCUT2D eigenvalue weighted by Crippen LogP contribution is 2.17. The molecule has 2 aromatic carbocycles. The van der Waals surface area contributed by atoms with Gasteiger partial charge in [-0.05, 0) is 41.3 Å². The van der Waals surface area contributed by atoms with Gasteiger partial charge < -0.3 is 10.1 Å². The molecule has 0 bridgehead atoms. The average Bonchev–Trinajstić information content (AvgIpc) is 2.48. The van der Waals surface area contributed by atoms with Crippen molar-refractivity contribution in [3.63, 3.8) is 0 Å². The molecule has 0 atom stereocenters. The minimum Gasteiger partial charge on any atom is -0.497 e. The van der Waals surface area contributed by atoms with Crippen molar-refractivity contribution in [1.29, 1.82) is 0 Å². The highest BCUT2D eigenvalue weighted by atomic mass is 16.5. The largest absolute Gasteiger partial charge is 0.497 e. The monoisotopic (exact) mass is 283 g/mol. The maximum Gasteiger partial charge on any atom is 0.228 e. The summed E-state index contributed by atoms with van der Waals surface area (Å²) in [4.78, 5) is 12.0. The number of carbonyl (C=O) groups is 1. The first-order valence-corrected chi connectivity index (χ1v) is 7.11. The third-order valence-corrected chi connectivity index (χ3v) is 3.38. The third kappa shape index (κ3) is 4.35. The molecular formula is C18H21NO2. The van der Waals surface area contributed by atoms with Gasteiger partial charge in [0.1, 0.15) is 5.75 Å². The second-order valence-electron chi connectivity index (χ2n) is 5.35. The molecule has 3 nitrogen and oxygen atoms in total. The summed E-state index contributed by atoms with van der Waals surface area (Å²) >= 11 is 0. The number of carbonyl (C=O) groups excluding carboxylic acids is 1. The van der Waals surface area contributed by atoms with Gasteiger partial charge in [-0.2, -0.15) is 0 Å². The van der Waals surface area contributed by atoms with Gasteiger partial charge in [0, 0.05) is 5.69 Å². The van der Waals surface area contributed by atoms with Crippen LogP contribution in [0, 0.1) is 0 Å².